The lowest BCUT2D eigenvalue weighted by Crippen LogP contribution is -2.34. The number of amides is 1. The Bertz CT molecular complexity index is 439. The lowest BCUT2D eigenvalue weighted by Gasteiger charge is -2.17. The van der Waals surface area contributed by atoms with Crippen molar-refractivity contribution in [2.45, 2.75) is 45.3 Å². The van der Waals surface area contributed by atoms with Crippen molar-refractivity contribution in [2.24, 2.45) is 0 Å². The van der Waals surface area contributed by atoms with E-state index in [0.717, 1.165) is 5.56 Å². The third-order valence-corrected chi connectivity index (χ3v) is 3.39. The summed E-state index contributed by atoms with van der Waals surface area (Å²) >= 11 is 0. The summed E-state index contributed by atoms with van der Waals surface area (Å²) in [7, 11) is 0. The van der Waals surface area contributed by atoms with Crippen LogP contribution < -0.4 is 0 Å². The molecule has 1 fully saturated rings. The van der Waals surface area contributed by atoms with Crippen molar-refractivity contribution in [1.82, 2.24) is 14.7 Å². The molecule has 0 radical (unpaired) electrons. The van der Waals surface area contributed by atoms with E-state index in [-0.39, 0.29) is 19.0 Å². The van der Waals surface area contributed by atoms with Crippen molar-refractivity contribution >= 4 is 5.91 Å². The molecule has 0 bridgehead atoms. The second-order valence-electron chi connectivity index (χ2n) is 5.60. The largest absolute Gasteiger partial charge is 0.338 e. The summed E-state index contributed by atoms with van der Waals surface area (Å²) in [6, 6.07) is 0. The van der Waals surface area contributed by atoms with Crippen LogP contribution in [0.5, 0.6) is 0 Å². The molecule has 2 heterocycles. The van der Waals surface area contributed by atoms with E-state index in [1.54, 1.807) is 22.7 Å². The quantitative estimate of drug-likeness (QED) is 0.826. The lowest BCUT2D eigenvalue weighted by atomic mass is 10.1. The number of aromatic nitrogens is 2. The highest BCUT2D eigenvalue weighted by molar-refractivity contribution is 5.76. The van der Waals surface area contributed by atoms with E-state index in [2.05, 4.69) is 18.9 Å². The lowest BCUT2D eigenvalue weighted by molar-refractivity contribution is -0.131. The molecule has 0 aliphatic carbocycles. The highest BCUT2D eigenvalue weighted by atomic mass is 19.1. The van der Waals surface area contributed by atoms with Crippen LogP contribution >= 0.6 is 0 Å². The number of halogens is 1. The van der Waals surface area contributed by atoms with Gasteiger partial charge < -0.3 is 4.90 Å². The van der Waals surface area contributed by atoms with Crippen molar-refractivity contribution in [3.05, 3.63) is 18.0 Å². The number of rotatable bonds is 3. The average Bonchev–Trinajstić information content (AvgIpc) is 2.84. The third kappa shape index (κ3) is 2.89. The van der Waals surface area contributed by atoms with Crippen LogP contribution in [0.3, 0.4) is 0 Å². The molecule has 1 amide bonds. The highest BCUT2D eigenvalue weighted by Gasteiger charge is 2.35. The zero-order valence-corrected chi connectivity index (χ0v) is 11.2. The second kappa shape index (κ2) is 4.71. The van der Waals surface area contributed by atoms with Gasteiger partial charge in [-0.2, -0.15) is 5.10 Å². The molecule has 0 N–H and O–H groups in total. The zero-order chi connectivity index (χ0) is 13.3. The standard InChI is InChI=1S/C13H20FN3O/c1-10(2)11-6-15-17(7-11)8-12(18)16-5-4-13(3,14)9-16/h6-7,10H,4-5,8-9H2,1-3H3. The Morgan fingerprint density at radius 1 is 1.61 bits per heavy atom. The fourth-order valence-corrected chi connectivity index (χ4v) is 2.14. The number of carbonyl (C=O) groups is 1. The summed E-state index contributed by atoms with van der Waals surface area (Å²) < 4.78 is 15.3. The molecule has 1 aliphatic rings. The second-order valence-corrected chi connectivity index (χ2v) is 5.60. The van der Waals surface area contributed by atoms with Crippen LogP contribution in [-0.4, -0.2) is 39.3 Å². The Balaban J connectivity index is 1.95. The normalized spacial score (nSPS) is 23.9. The SMILES string of the molecule is CC(C)c1cnn(CC(=O)N2CCC(C)(F)C2)c1. The van der Waals surface area contributed by atoms with Crippen molar-refractivity contribution in [3.63, 3.8) is 0 Å². The molecule has 1 atom stereocenters. The molecule has 0 aromatic carbocycles. The van der Waals surface area contributed by atoms with Gasteiger partial charge in [0, 0.05) is 19.2 Å². The van der Waals surface area contributed by atoms with E-state index in [0.29, 0.717) is 18.9 Å². The average molecular weight is 253 g/mol. The number of hydrogen-bond donors (Lipinski definition) is 0. The molecule has 2 rings (SSSR count). The Labute approximate surface area is 107 Å². The van der Waals surface area contributed by atoms with E-state index < -0.39 is 5.67 Å². The number of alkyl halides is 1. The smallest absolute Gasteiger partial charge is 0.244 e. The molecule has 0 saturated carbocycles. The first-order valence-electron chi connectivity index (χ1n) is 6.36. The van der Waals surface area contributed by atoms with Gasteiger partial charge in [-0.25, -0.2) is 4.39 Å². The molecule has 1 aromatic rings. The van der Waals surface area contributed by atoms with Crippen LogP contribution in [0.4, 0.5) is 4.39 Å². The summed E-state index contributed by atoms with van der Waals surface area (Å²) in [5.74, 6) is 0.338. The molecule has 1 aromatic heterocycles. The number of carbonyl (C=O) groups excluding carboxylic acids is 1. The predicted octanol–water partition coefficient (Wildman–Crippen LogP) is 1.97. The van der Waals surface area contributed by atoms with Gasteiger partial charge in [-0.15, -0.1) is 0 Å². The maximum absolute atomic E-state index is 13.7. The molecule has 1 saturated heterocycles. The fourth-order valence-electron chi connectivity index (χ4n) is 2.14. The first-order chi connectivity index (χ1) is 8.37. The molecular formula is C13H20FN3O. The maximum atomic E-state index is 13.7. The van der Waals surface area contributed by atoms with Gasteiger partial charge in [0.25, 0.3) is 0 Å². The monoisotopic (exact) mass is 253 g/mol. The summed E-state index contributed by atoms with van der Waals surface area (Å²) in [4.78, 5) is 13.6. The van der Waals surface area contributed by atoms with Crippen molar-refractivity contribution < 1.29 is 9.18 Å². The minimum Gasteiger partial charge on any atom is -0.338 e. The van der Waals surface area contributed by atoms with Gasteiger partial charge in [0.15, 0.2) is 0 Å². The first-order valence-corrected chi connectivity index (χ1v) is 6.36. The van der Waals surface area contributed by atoms with Crippen LogP contribution in [0.25, 0.3) is 0 Å². The van der Waals surface area contributed by atoms with Gasteiger partial charge in [-0.1, -0.05) is 13.8 Å². The van der Waals surface area contributed by atoms with Crippen LogP contribution in [0.1, 0.15) is 38.7 Å². The molecule has 5 heteroatoms. The van der Waals surface area contributed by atoms with Crippen LogP contribution in [0, 0.1) is 0 Å². The maximum Gasteiger partial charge on any atom is 0.244 e. The van der Waals surface area contributed by atoms with Gasteiger partial charge >= 0.3 is 0 Å². The molecule has 18 heavy (non-hydrogen) atoms. The highest BCUT2D eigenvalue weighted by Crippen LogP contribution is 2.24. The van der Waals surface area contributed by atoms with Gasteiger partial charge in [0.1, 0.15) is 12.2 Å². The van der Waals surface area contributed by atoms with Crippen molar-refractivity contribution in [1.29, 1.82) is 0 Å². The molecular weight excluding hydrogens is 233 g/mol. The Morgan fingerprint density at radius 3 is 2.83 bits per heavy atom. The van der Waals surface area contributed by atoms with Crippen molar-refractivity contribution in [3.8, 4) is 0 Å². The van der Waals surface area contributed by atoms with E-state index in [4.69, 9.17) is 0 Å². The third-order valence-electron chi connectivity index (χ3n) is 3.39. The predicted molar refractivity (Wildman–Crippen MR) is 67.0 cm³/mol. The van der Waals surface area contributed by atoms with E-state index in [1.165, 1.54) is 0 Å². The Kier molecular flexibility index (Phi) is 3.41. The Hall–Kier alpha value is -1.39. The number of likely N-dealkylation sites (tertiary alicyclic amines) is 1. The van der Waals surface area contributed by atoms with Gasteiger partial charge in [-0.05, 0) is 18.4 Å². The van der Waals surface area contributed by atoms with Gasteiger partial charge in [-0.3, -0.25) is 9.48 Å². The molecule has 0 spiro atoms. The van der Waals surface area contributed by atoms with Crippen LogP contribution in [0.2, 0.25) is 0 Å². The van der Waals surface area contributed by atoms with Crippen LogP contribution in [-0.2, 0) is 11.3 Å². The topological polar surface area (TPSA) is 38.1 Å². The number of nitrogens with zero attached hydrogens (tertiary/aromatic N) is 3. The fraction of sp³-hybridized carbons (Fsp3) is 0.692. The Morgan fingerprint density at radius 2 is 2.33 bits per heavy atom. The summed E-state index contributed by atoms with van der Waals surface area (Å²) in [6.07, 6.45) is 4.09. The zero-order valence-electron chi connectivity index (χ0n) is 11.2. The van der Waals surface area contributed by atoms with Crippen molar-refractivity contribution in [2.75, 3.05) is 13.1 Å². The number of hydrogen-bond acceptors (Lipinski definition) is 2. The van der Waals surface area contributed by atoms with E-state index in [1.807, 2.05) is 6.20 Å². The molecule has 4 nitrogen and oxygen atoms in total. The summed E-state index contributed by atoms with van der Waals surface area (Å²) in [5, 5.41) is 4.16. The van der Waals surface area contributed by atoms with E-state index in [9.17, 15) is 9.18 Å². The van der Waals surface area contributed by atoms with Gasteiger partial charge in [0.2, 0.25) is 5.91 Å². The minimum atomic E-state index is -1.23. The van der Waals surface area contributed by atoms with Gasteiger partial charge in [0.05, 0.1) is 12.7 Å². The van der Waals surface area contributed by atoms with E-state index >= 15 is 0 Å². The summed E-state index contributed by atoms with van der Waals surface area (Å²) in [6.45, 7) is 6.61. The first kappa shape index (κ1) is 13.1. The summed E-state index contributed by atoms with van der Waals surface area (Å²) in [5.41, 5.74) is -0.123. The molecule has 1 unspecified atom stereocenters. The van der Waals surface area contributed by atoms with Crippen LogP contribution in [0.15, 0.2) is 12.4 Å². The molecule has 100 valence electrons. The minimum absolute atomic E-state index is 0.0604. The molecule has 1 aliphatic heterocycles.